The highest BCUT2D eigenvalue weighted by Crippen LogP contribution is 2.33. The van der Waals surface area contributed by atoms with Crippen molar-refractivity contribution in [3.05, 3.63) is 28.3 Å². The molecule has 0 amide bonds. The summed E-state index contributed by atoms with van der Waals surface area (Å²) in [7, 11) is 1.71. The number of hydrogen-bond acceptors (Lipinski definition) is 4. The first-order valence-electron chi connectivity index (χ1n) is 6.60. The summed E-state index contributed by atoms with van der Waals surface area (Å²) in [4.78, 5) is 2.26. The lowest BCUT2D eigenvalue weighted by Gasteiger charge is -2.22. The van der Waals surface area contributed by atoms with Crippen LogP contribution in [0.4, 0.5) is 0 Å². The fourth-order valence-corrected chi connectivity index (χ4v) is 2.64. The lowest BCUT2D eigenvalue weighted by molar-refractivity contribution is 0.145. The number of hydrogen-bond donors (Lipinski definition) is 1. The van der Waals surface area contributed by atoms with Gasteiger partial charge < -0.3 is 15.2 Å². The molecule has 1 aromatic rings. The molecule has 0 saturated carbocycles. The zero-order valence-corrected chi connectivity index (χ0v) is 12.1. The molecule has 0 atom stereocenters. The molecule has 0 aromatic heterocycles. The van der Waals surface area contributed by atoms with Crippen LogP contribution in [0.2, 0.25) is 5.02 Å². The van der Waals surface area contributed by atoms with Gasteiger partial charge in [-0.1, -0.05) is 11.6 Å². The largest absolute Gasteiger partial charge is 0.493 e. The summed E-state index contributed by atoms with van der Waals surface area (Å²) in [5.74, 6) is 1.00. The number of fused-ring (bicyclic) bond motifs is 1. The minimum absolute atomic E-state index is 0.632. The second-order valence-corrected chi connectivity index (χ2v) is 5.15. The molecule has 0 spiro atoms. The number of benzene rings is 1. The fourth-order valence-electron chi connectivity index (χ4n) is 2.38. The molecule has 106 valence electrons. The molecular weight excluding hydrogens is 264 g/mol. The Hall–Kier alpha value is -0.810. The average Bonchev–Trinajstić information content (AvgIpc) is 2.84. The Balaban J connectivity index is 2.12. The van der Waals surface area contributed by atoms with E-state index in [1.54, 1.807) is 7.11 Å². The summed E-state index contributed by atoms with van der Waals surface area (Å²) in [6.45, 7) is 4.57. The van der Waals surface area contributed by atoms with Gasteiger partial charge in [-0.25, -0.2) is 0 Å². The minimum Gasteiger partial charge on any atom is -0.493 e. The first-order valence-corrected chi connectivity index (χ1v) is 6.98. The molecule has 1 heterocycles. The van der Waals surface area contributed by atoms with E-state index in [4.69, 9.17) is 26.8 Å². The Kier molecular flexibility index (Phi) is 5.45. The first-order chi connectivity index (χ1) is 9.24. The van der Waals surface area contributed by atoms with Gasteiger partial charge in [0, 0.05) is 50.3 Å². The van der Waals surface area contributed by atoms with Crippen molar-refractivity contribution < 1.29 is 9.47 Å². The second kappa shape index (κ2) is 7.10. The molecular formula is C14H21ClN2O2. The molecule has 0 radical (unpaired) electrons. The SMILES string of the molecule is COCCN(CCN)Cc1cc(Cl)cc2c1OCC2. The van der Waals surface area contributed by atoms with Gasteiger partial charge in [-0.3, -0.25) is 4.90 Å². The van der Waals surface area contributed by atoms with Crippen LogP contribution in [0.1, 0.15) is 11.1 Å². The van der Waals surface area contributed by atoms with Crippen LogP contribution >= 0.6 is 11.6 Å². The Morgan fingerprint density at radius 1 is 1.42 bits per heavy atom. The third-order valence-electron chi connectivity index (χ3n) is 3.28. The minimum atomic E-state index is 0.632. The van der Waals surface area contributed by atoms with Crippen molar-refractivity contribution in [1.29, 1.82) is 0 Å². The van der Waals surface area contributed by atoms with Crippen LogP contribution in [0.5, 0.6) is 5.75 Å². The Morgan fingerprint density at radius 3 is 3.00 bits per heavy atom. The predicted octanol–water partition coefficient (Wildman–Crippen LogP) is 1.68. The zero-order valence-electron chi connectivity index (χ0n) is 11.3. The number of methoxy groups -OCH3 is 1. The van der Waals surface area contributed by atoms with Crippen LogP contribution in [-0.4, -0.2) is 44.9 Å². The average molecular weight is 285 g/mol. The Labute approximate surface area is 119 Å². The maximum atomic E-state index is 6.17. The summed E-state index contributed by atoms with van der Waals surface area (Å²) in [5.41, 5.74) is 8.01. The number of nitrogens with two attached hydrogens (primary N) is 1. The van der Waals surface area contributed by atoms with E-state index in [0.29, 0.717) is 13.2 Å². The summed E-state index contributed by atoms with van der Waals surface area (Å²) in [6, 6.07) is 3.98. The number of ether oxygens (including phenoxy) is 2. The van der Waals surface area contributed by atoms with Gasteiger partial charge in [0.25, 0.3) is 0 Å². The van der Waals surface area contributed by atoms with E-state index in [1.807, 2.05) is 12.1 Å². The van der Waals surface area contributed by atoms with Crippen LogP contribution in [0.25, 0.3) is 0 Å². The van der Waals surface area contributed by atoms with Crippen LogP contribution in [0.3, 0.4) is 0 Å². The third-order valence-corrected chi connectivity index (χ3v) is 3.49. The highest BCUT2D eigenvalue weighted by atomic mass is 35.5. The van der Waals surface area contributed by atoms with Gasteiger partial charge in [0.15, 0.2) is 0 Å². The van der Waals surface area contributed by atoms with Crippen molar-refractivity contribution in [3.63, 3.8) is 0 Å². The standard InChI is InChI=1S/C14H21ClN2O2/c1-18-7-5-17(4-3-16)10-12-9-13(15)8-11-2-6-19-14(11)12/h8-9H,2-7,10,16H2,1H3. The maximum Gasteiger partial charge on any atom is 0.127 e. The van der Waals surface area contributed by atoms with E-state index in [0.717, 1.165) is 49.0 Å². The van der Waals surface area contributed by atoms with Crippen LogP contribution in [-0.2, 0) is 17.7 Å². The molecule has 1 aliphatic rings. The van der Waals surface area contributed by atoms with Crippen LogP contribution in [0.15, 0.2) is 12.1 Å². The summed E-state index contributed by atoms with van der Waals surface area (Å²) in [5, 5.41) is 0.777. The fraction of sp³-hybridized carbons (Fsp3) is 0.571. The van der Waals surface area contributed by atoms with Gasteiger partial charge >= 0.3 is 0 Å². The van der Waals surface area contributed by atoms with E-state index >= 15 is 0 Å². The number of rotatable bonds is 7. The van der Waals surface area contributed by atoms with Gasteiger partial charge in [0.1, 0.15) is 5.75 Å². The van der Waals surface area contributed by atoms with Crippen molar-refractivity contribution in [2.24, 2.45) is 5.73 Å². The molecule has 4 nitrogen and oxygen atoms in total. The highest BCUT2D eigenvalue weighted by molar-refractivity contribution is 6.30. The molecule has 5 heteroatoms. The molecule has 19 heavy (non-hydrogen) atoms. The molecule has 2 rings (SSSR count). The number of halogens is 1. The molecule has 1 aromatic carbocycles. The van der Waals surface area contributed by atoms with E-state index in [-0.39, 0.29) is 0 Å². The van der Waals surface area contributed by atoms with Gasteiger partial charge in [0.2, 0.25) is 0 Å². The normalized spacial score (nSPS) is 13.7. The molecule has 0 unspecified atom stereocenters. The van der Waals surface area contributed by atoms with Crippen LogP contribution in [0, 0.1) is 0 Å². The Morgan fingerprint density at radius 2 is 2.26 bits per heavy atom. The molecule has 0 fully saturated rings. The molecule has 0 saturated heterocycles. The van der Waals surface area contributed by atoms with Gasteiger partial charge in [-0.05, 0) is 17.7 Å². The van der Waals surface area contributed by atoms with E-state index in [1.165, 1.54) is 5.56 Å². The van der Waals surface area contributed by atoms with E-state index < -0.39 is 0 Å². The third kappa shape index (κ3) is 3.83. The van der Waals surface area contributed by atoms with E-state index in [2.05, 4.69) is 4.90 Å². The zero-order chi connectivity index (χ0) is 13.7. The molecule has 0 bridgehead atoms. The van der Waals surface area contributed by atoms with Crippen molar-refractivity contribution in [2.75, 3.05) is 40.0 Å². The lowest BCUT2D eigenvalue weighted by atomic mass is 10.1. The topological polar surface area (TPSA) is 47.7 Å². The second-order valence-electron chi connectivity index (χ2n) is 4.71. The van der Waals surface area contributed by atoms with Gasteiger partial charge in [-0.15, -0.1) is 0 Å². The van der Waals surface area contributed by atoms with Gasteiger partial charge in [0.05, 0.1) is 13.2 Å². The monoisotopic (exact) mass is 284 g/mol. The maximum absolute atomic E-state index is 6.17. The summed E-state index contributed by atoms with van der Waals surface area (Å²) >= 11 is 6.17. The Bertz CT molecular complexity index is 426. The molecule has 2 N–H and O–H groups in total. The summed E-state index contributed by atoms with van der Waals surface area (Å²) < 4.78 is 10.9. The lowest BCUT2D eigenvalue weighted by Crippen LogP contribution is -2.32. The van der Waals surface area contributed by atoms with Gasteiger partial charge in [-0.2, -0.15) is 0 Å². The smallest absolute Gasteiger partial charge is 0.127 e. The van der Waals surface area contributed by atoms with Crippen molar-refractivity contribution in [3.8, 4) is 5.75 Å². The summed E-state index contributed by atoms with van der Waals surface area (Å²) in [6.07, 6.45) is 0.942. The number of nitrogens with zero attached hydrogens (tertiary/aromatic N) is 1. The van der Waals surface area contributed by atoms with Crippen LogP contribution < -0.4 is 10.5 Å². The first kappa shape index (κ1) is 14.6. The van der Waals surface area contributed by atoms with Crippen molar-refractivity contribution >= 4 is 11.6 Å². The quantitative estimate of drug-likeness (QED) is 0.828. The highest BCUT2D eigenvalue weighted by Gasteiger charge is 2.19. The van der Waals surface area contributed by atoms with Crippen molar-refractivity contribution in [1.82, 2.24) is 4.90 Å². The molecule has 0 aliphatic carbocycles. The predicted molar refractivity (Wildman–Crippen MR) is 76.9 cm³/mol. The van der Waals surface area contributed by atoms with Crippen molar-refractivity contribution in [2.45, 2.75) is 13.0 Å². The van der Waals surface area contributed by atoms with E-state index in [9.17, 15) is 0 Å². The molecule has 1 aliphatic heterocycles.